The molecule has 0 spiro atoms. The van der Waals surface area contributed by atoms with E-state index in [1.165, 1.54) is 11.8 Å². The molecule has 166 valence electrons. The monoisotopic (exact) mass is 452 g/mol. The fraction of sp³-hybridized carbons (Fsp3) is 0.304. The van der Waals surface area contributed by atoms with Crippen molar-refractivity contribution in [3.05, 3.63) is 59.7 Å². The van der Waals surface area contributed by atoms with Gasteiger partial charge in [0.15, 0.2) is 0 Å². The van der Waals surface area contributed by atoms with E-state index in [-0.39, 0.29) is 17.7 Å². The lowest BCUT2D eigenvalue weighted by molar-refractivity contribution is -0.122. The van der Waals surface area contributed by atoms with Crippen molar-refractivity contribution >= 4 is 41.2 Å². The van der Waals surface area contributed by atoms with Gasteiger partial charge in [0.1, 0.15) is 5.54 Å². The summed E-state index contributed by atoms with van der Waals surface area (Å²) in [6, 6.07) is 14.3. The molecule has 3 N–H and O–H groups in total. The minimum atomic E-state index is -1.02. The summed E-state index contributed by atoms with van der Waals surface area (Å²) in [5.41, 5.74) is 1.28. The molecule has 2 aliphatic heterocycles. The van der Waals surface area contributed by atoms with Crippen LogP contribution in [0.1, 0.15) is 35.7 Å². The maximum Gasteiger partial charge on any atom is 0.322 e. The van der Waals surface area contributed by atoms with Crippen molar-refractivity contribution < 1.29 is 19.2 Å². The molecule has 0 aromatic heterocycles. The SMILES string of the molecule is C[C@@]1(CSc2ccccc2C(=O)NCc2ccc(N3CCCC3=O)cc2)NC(=O)NC1=O. The van der Waals surface area contributed by atoms with Gasteiger partial charge in [0.25, 0.3) is 11.8 Å². The van der Waals surface area contributed by atoms with E-state index in [1.54, 1.807) is 24.0 Å². The fourth-order valence-electron chi connectivity index (χ4n) is 3.68. The highest BCUT2D eigenvalue weighted by Gasteiger charge is 2.41. The van der Waals surface area contributed by atoms with Crippen LogP contribution in [0.2, 0.25) is 0 Å². The summed E-state index contributed by atoms with van der Waals surface area (Å²) in [4.78, 5) is 50.7. The summed E-state index contributed by atoms with van der Waals surface area (Å²) in [7, 11) is 0. The number of nitrogens with one attached hydrogen (secondary N) is 3. The summed E-state index contributed by atoms with van der Waals surface area (Å²) in [6.07, 6.45) is 1.47. The number of benzene rings is 2. The Morgan fingerprint density at radius 2 is 1.88 bits per heavy atom. The Balaban J connectivity index is 1.37. The summed E-state index contributed by atoms with van der Waals surface area (Å²) in [6.45, 7) is 2.75. The molecule has 0 saturated carbocycles. The maximum atomic E-state index is 12.8. The van der Waals surface area contributed by atoms with Crippen LogP contribution in [0.4, 0.5) is 10.5 Å². The first-order chi connectivity index (χ1) is 15.4. The quantitative estimate of drug-likeness (QED) is 0.442. The van der Waals surface area contributed by atoms with Crippen LogP contribution in [0, 0.1) is 0 Å². The second kappa shape index (κ2) is 9.04. The largest absolute Gasteiger partial charge is 0.348 e. The Morgan fingerprint density at radius 3 is 2.53 bits per heavy atom. The number of imide groups is 1. The van der Waals surface area contributed by atoms with Crippen LogP contribution < -0.4 is 20.9 Å². The van der Waals surface area contributed by atoms with Gasteiger partial charge in [-0.2, -0.15) is 0 Å². The molecular formula is C23H24N4O4S. The molecule has 2 aliphatic rings. The van der Waals surface area contributed by atoms with Crippen molar-refractivity contribution in [2.24, 2.45) is 0 Å². The first-order valence-electron chi connectivity index (χ1n) is 10.4. The number of hydrogen-bond donors (Lipinski definition) is 3. The van der Waals surface area contributed by atoms with Crippen LogP contribution in [0.25, 0.3) is 0 Å². The molecule has 5 amide bonds. The van der Waals surface area contributed by atoms with Crippen molar-refractivity contribution in [2.45, 2.75) is 36.7 Å². The van der Waals surface area contributed by atoms with Crippen LogP contribution >= 0.6 is 11.8 Å². The van der Waals surface area contributed by atoms with E-state index in [0.717, 1.165) is 29.1 Å². The lowest BCUT2D eigenvalue weighted by atomic mass is 10.1. The molecule has 2 heterocycles. The molecule has 2 saturated heterocycles. The summed E-state index contributed by atoms with van der Waals surface area (Å²) in [5.74, 6) is -0.164. The summed E-state index contributed by atoms with van der Waals surface area (Å²) in [5, 5.41) is 7.79. The number of rotatable bonds is 7. The van der Waals surface area contributed by atoms with Crippen LogP contribution in [0.5, 0.6) is 0 Å². The highest BCUT2D eigenvalue weighted by molar-refractivity contribution is 7.99. The van der Waals surface area contributed by atoms with Gasteiger partial charge in [0, 0.05) is 35.8 Å². The molecule has 2 aromatic rings. The molecule has 4 rings (SSSR count). The van der Waals surface area contributed by atoms with Crippen LogP contribution in [-0.2, 0) is 16.1 Å². The molecule has 2 fully saturated rings. The second-order valence-corrected chi connectivity index (χ2v) is 9.04. The zero-order chi connectivity index (χ0) is 22.7. The van der Waals surface area contributed by atoms with Crippen LogP contribution in [0.3, 0.4) is 0 Å². The Morgan fingerprint density at radius 1 is 1.12 bits per heavy atom. The van der Waals surface area contributed by atoms with Gasteiger partial charge in [-0.25, -0.2) is 4.79 Å². The molecule has 1 atom stereocenters. The Kier molecular flexibility index (Phi) is 6.18. The van der Waals surface area contributed by atoms with Gasteiger partial charge in [0.05, 0.1) is 5.56 Å². The zero-order valence-corrected chi connectivity index (χ0v) is 18.5. The van der Waals surface area contributed by atoms with E-state index in [1.807, 2.05) is 36.4 Å². The van der Waals surface area contributed by atoms with Crippen molar-refractivity contribution in [3.8, 4) is 0 Å². The van der Waals surface area contributed by atoms with E-state index in [4.69, 9.17) is 0 Å². The third-order valence-electron chi connectivity index (χ3n) is 5.54. The van der Waals surface area contributed by atoms with Gasteiger partial charge >= 0.3 is 6.03 Å². The minimum absolute atomic E-state index is 0.142. The second-order valence-electron chi connectivity index (χ2n) is 8.02. The van der Waals surface area contributed by atoms with Crippen molar-refractivity contribution in [1.29, 1.82) is 0 Å². The average molecular weight is 453 g/mol. The zero-order valence-electron chi connectivity index (χ0n) is 17.6. The molecule has 0 radical (unpaired) electrons. The number of carbonyl (C=O) groups is 4. The predicted octanol–water partition coefficient (Wildman–Crippen LogP) is 2.43. The predicted molar refractivity (Wildman–Crippen MR) is 121 cm³/mol. The number of amides is 5. The first-order valence-corrected chi connectivity index (χ1v) is 11.4. The number of urea groups is 1. The number of thioether (sulfide) groups is 1. The van der Waals surface area contributed by atoms with E-state index >= 15 is 0 Å². The molecule has 0 aliphatic carbocycles. The molecule has 0 bridgehead atoms. The fourth-order valence-corrected chi connectivity index (χ4v) is 4.81. The summed E-state index contributed by atoms with van der Waals surface area (Å²) < 4.78 is 0. The highest BCUT2D eigenvalue weighted by atomic mass is 32.2. The third-order valence-corrected chi connectivity index (χ3v) is 6.93. The lowest BCUT2D eigenvalue weighted by Gasteiger charge is -2.20. The van der Waals surface area contributed by atoms with Gasteiger partial charge in [0.2, 0.25) is 5.91 Å². The van der Waals surface area contributed by atoms with E-state index < -0.39 is 11.6 Å². The van der Waals surface area contributed by atoms with Gasteiger partial charge in [-0.15, -0.1) is 11.8 Å². The Bertz CT molecular complexity index is 1070. The Hall–Kier alpha value is -3.33. The highest BCUT2D eigenvalue weighted by Crippen LogP contribution is 2.28. The molecule has 0 unspecified atom stereocenters. The Labute approximate surface area is 190 Å². The number of carbonyl (C=O) groups excluding carboxylic acids is 4. The molecule has 9 heteroatoms. The smallest absolute Gasteiger partial charge is 0.322 e. The first kappa shape index (κ1) is 21.9. The van der Waals surface area contributed by atoms with E-state index in [2.05, 4.69) is 16.0 Å². The normalized spacial score (nSPS) is 20.3. The molecule has 32 heavy (non-hydrogen) atoms. The lowest BCUT2D eigenvalue weighted by Crippen LogP contribution is -2.46. The molecule has 2 aromatic carbocycles. The van der Waals surface area contributed by atoms with Crippen molar-refractivity contribution in [1.82, 2.24) is 16.0 Å². The van der Waals surface area contributed by atoms with Gasteiger partial charge in [-0.1, -0.05) is 24.3 Å². The van der Waals surface area contributed by atoms with Gasteiger partial charge in [-0.3, -0.25) is 19.7 Å². The molecule has 8 nitrogen and oxygen atoms in total. The standard InChI is InChI=1S/C23H24N4O4S/c1-23(21(30)25-22(31)26-23)14-32-18-6-3-2-5-17(18)20(29)24-13-15-8-10-16(11-9-15)27-12-4-7-19(27)28/h2-3,5-6,8-11H,4,7,12-14H2,1H3,(H,24,29)(H2,25,26,30,31)/t23-/m0/s1. The van der Waals surface area contributed by atoms with Gasteiger partial charge < -0.3 is 15.5 Å². The average Bonchev–Trinajstić information content (AvgIpc) is 3.33. The minimum Gasteiger partial charge on any atom is -0.348 e. The maximum absolute atomic E-state index is 12.8. The third kappa shape index (κ3) is 4.62. The number of hydrogen-bond acceptors (Lipinski definition) is 5. The van der Waals surface area contributed by atoms with Crippen LogP contribution in [-0.4, -0.2) is 41.6 Å². The van der Waals surface area contributed by atoms with Crippen LogP contribution in [0.15, 0.2) is 53.4 Å². The topological polar surface area (TPSA) is 108 Å². The van der Waals surface area contributed by atoms with E-state index in [0.29, 0.717) is 24.3 Å². The van der Waals surface area contributed by atoms with Crippen molar-refractivity contribution in [2.75, 3.05) is 17.2 Å². The van der Waals surface area contributed by atoms with E-state index in [9.17, 15) is 19.2 Å². The van der Waals surface area contributed by atoms with Gasteiger partial charge in [-0.05, 0) is 43.2 Å². The molecular weight excluding hydrogens is 428 g/mol. The number of nitrogens with zero attached hydrogens (tertiary/aromatic N) is 1. The van der Waals surface area contributed by atoms with Crippen molar-refractivity contribution in [3.63, 3.8) is 0 Å². The summed E-state index contributed by atoms with van der Waals surface area (Å²) >= 11 is 1.34. The number of anilines is 1.